The minimum absolute atomic E-state index is 0.162. The second kappa shape index (κ2) is 11.5. The van der Waals surface area contributed by atoms with Crippen LogP contribution in [0.2, 0.25) is 10.0 Å². The van der Waals surface area contributed by atoms with Crippen molar-refractivity contribution >= 4 is 50.7 Å². The molecule has 2 amide bonds. The molecule has 0 fully saturated rings. The smallest absolute Gasteiger partial charge is 0.350 e. The highest BCUT2D eigenvalue weighted by molar-refractivity contribution is 7.92. The van der Waals surface area contributed by atoms with Crippen molar-refractivity contribution < 1.29 is 31.2 Å². The van der Waals surface area contributed by atoms with E-state index in [0.717, 1.165) is 17.2 Å². The summed E-state index contributed by atoms with van der Waals surface area (Å²) in [5.41, 5.74) is -1.80. The highest BCUT2D eigenvalue weighted by Crippen LogP contribution is 2.36. The fraction of sp³-hybridized carbons (Fsp3) is 0.417. The Labute approximate surface area is 224 Å². The van der Waals surface area contributed by atoms with Crippen LogP contribution >= 0.6 is 23.2 Å². The third kappa shape index (κ3) is 8.51. The summed E-state index contributed by atoms with van der Waals surface area (Å²) in [5, 5.41) is 2.77. The Morgan fingerprint density at radius 1 is 1.03 bits per heavy atom. The highest BCUT2D eigenvalue weighted by Gasteiger charge is 2.35. The van der Waals surface area contributed by atoms with Crippen molar-refractivity contribution in [2.75, 3.05) is 17.1 Å². The number of halogens is 5. The van der Waals surface area contributed by atoms with Gasteiger partial charge in [0, 0.05) is 17.1 Å². The lowest BCUT2D eigenvalue weighted by molar-refractivity contribution is -0.140. The summed E-state index contributed by atoms with van der Waals surface area (Å²) in [6.45, 7) is 5.64. The number of hydrogen-bond donors (Lipinski definition) is 1. The van der Waals surface area contributed by atoms with Crippen molar-refractivity contribution in [2.24, 2.45) is 0 Å². The van der Waals surface area contributed by atoms with Gasteiger partial charge in [0.2, 0.25) is 21.8 Å². The van der Waals surface area contributed by atoms with Crippen LogP contribution in [0.3, 0.4) is 0 Å². The monoisotopic (exact) mass is 581 g/mol. The van der Waals surface area contributed by atoms with E-state index in [0.29, 0.717) is 27.0 Å². The molecule has 0 aromatic heterocycles. The molecule has 1 N–H and O–H groups in total. The minimum atomic E-state index is -4.78. The number of hydrogen-bond acceptors (Lipinski definition) is 4. The van der Waals surface area contributed by atoms with E-state index in [-0.39, 0.29) is 11.6 Å². The van der Waals surface area contributed by atoms with Crippen LogP contribution in [0.1, 0.15) is 38.8 Å². The van der Waals surface area contributed by atoms with E-state index >= 15 is 0 Å². The maximum atomic E-state index is 13.5. The molecule has 0 saturated heterocycles. The van der Waals surface area contributed by atoms with Crippen molar-refractivity contribution in [3.8, 4) is 0 Å². The number of benzene rings is 2. The molecule has 13 heteroatoms. The summed E-state index contributed by atoms with van der Waals surface area (Å²) in [6, 6.07) is 7.66. The summed E-state index contributed by atoms with van der Waals surface area (Å²) >= 11 is 12.3. The number of anilines is 1. The molecule has 2 rings (SSSR count). The SMILES string of the molecule is CC(C(=O)NC(C)(C)C)N(Cc1ccccc1Cl)C(=O)CN(c1cc(C(F)(F)F)ccc1Cl)S(C)(=O)=O. The quantitative estimate of drug-likeness (QED) is 0.469. The van der Waals surface area contributed by atoms with Gasteiger partial charge in [-0.25, -0.2) is 8.42 Å². The summed E-state index contributed by atoms with van der Waals surface area (Å²) in [4.78, 5) is 27.6. The first-order valence-corrected chi connectivity index (χ1v) is 13.6. The normalized spacial score (nSPS) is 13.1. The second-order valence-corrected chi connectivity index (χ2v) is 12.2. The van der Waals surface area contributed by atoms with Gasteiger partial charge < -0.3 is 10.2 Å². The maximum absolute atomic E-state index is 13.5. The summed E-state index contributed by atoms with van der Waals surface area (Å²) < 4.78 is 65.7. The fourth-order valence-electron chi connectivity index (χ4n) is 3.34. The van der Waals surface area contributed by atoms with Crippen molar-refractivity contribution in [3.63, 3.8) is 0 Å². The third-order valence-corrected chi connectivity index (χ3v) is 7.00. The molecule has 0 heterocycles. The van der Waals surface area contributed by atoms with Gasteiger partial charge in [0.05, 0.1) is 22.5 Å². The molecule has 0 aliphatic rings. The molecule has 0 aliphatic carbocycles. The van der Waals surface area contributed by atoms with Gasteiger partial charge in [0.15, 0.2) is 0 Å². The average Bonchev–Trinajstić information content (AvgIpc) is 2.74. The molecule has 37 heavy (non-hydrogen) atoms. The molecule has 7 nitrogen and oxygen atoms in total. The predicted molar refractivity (Wildman–Crippen MR) is 138 cm³/mol. The van der Waals surface area contributed by atoms with E-state index in [1.807, 2.05) is 0 Å². The molecule has 204 valence electrons. The summed E-state index contributed by atoms with van der Waals surface area (Å²) in [5.74, 6) is -1.37. The van der Waals surface area contributed by atoms with E-state index in [2.05, 4.69) is 5.32 Å². The van der Waals surface area contributed by atoms with E-state index in [1.165, 1.54) is 6.92 Å². The zero-order valence-corrected chi connectivity index (χ0v) is 23.2. The van der Waals surface area contributed by atoms with Gasteiger partial charge in [-0.1, -0.05) is 41.4 Å². The first kappa shape index (κ1) is 30.7. The van der Waals surface area contributed by atoms with E-state index in [4.69, 9.17) is 23.2 Å². The van der Waals surface area contributed by atoms with Gasteiger partial charge in [0.25, 0.3) is 0 Å². The van der Waals surface area contributed by atoms with Gasteiger partial charge in [-0.2, -0.15) is 13.2 Å². The Balaban J connectivity index is 2.53. The number of sulfonamides is 1. The molecule has 0 aliphatic heterocycles. The molecule has 2 aromatic rings. The molecule has 0 bridgehead atoms. The van der Waals surface area contributed by atoms with Gasteiger partial charge in [-0.15, -0.1) is 0 Å². The Kier molecular flexibility index (Phi) is 9.54. The largest absolute Gasteiger partial charge is 0.416 e. The zero-order valence-electron chi connectivity index (χ0n) is 20.9. The van der Waals surface area contributed by atoms with Crippen LogP contribution in [-0.4, -0.2) is 49.5 Å². The van der Waals surface area contributed by atoms with Crippen LogP contribution in [0.15, 0.2) is 42.5 Å². The minimum Gasteiger partial charge on any atom is -0.350 e. The molecule has 0 radical (unpaired) electrons. The first-order chi connectivity index (χ1) is 16.8. The van der Waals surface area contributed by atoms with Crippen LogP contribution in [0.25, 0.3) is 0 Å². The molecule has 1 unspecified atom stereocenters. The molecule has 1 atom stereocenters. The molecule has 2 aromatic carbocycles. The van der Waals surface area contributed by atoms with Crippen molar-refractivity contribution in [1.29, 1.82) is 0 Å². The third-order valence-electron chi connectivity index (χ3n) is 5.19. The van der Waals surface area contributed by atoms with Crippen molar-refractivity contribution in [1.82, 2.24) is 10.2 Å². The molecule has 0 spiro atoms. The topological polar surface area (TPSA) is 86.8 Å². The lowest BCUT2D eigenvalue weighted by atomic mass is 10.1. The number of alkyl halides is 3. The number of nitrogens with one attached hydrogen (secondary N) is 1. The summed E-state index contributed by atoms with van der Waals surface area (Å²) in [6.07, 6.45) is -4.03. The van der Waals surface area contributed by atoms with E-state index < -0.39 is 57.4 Å². The van der Waals surface area contributed by atoms with Gasteiger partial charge in [-0.3, -0.25) is 13.9 Å². The first-order valence-electron chi connectivity index (χ1n) is 11.0. The Morgan fingerprint density at radius 2 is 1.62 bits per heavy atom. The lowest BCUT2D eigenvalue weighted by Gasteiger charge is -2.33. The highest BCUT2D eigenvalue weighted by atomic mass is 35.5. The Morgan fingerprint density at radius 3 is 2.14 bits per heavy atom. The van der Waals surface area contributed by atoms with Crippen molar-refractivity contribution in [2.45, 2.75) is 52.0 Å². The van der Waals surface area contributed by atoms with Crippen LogP contribution in [-0.2, 0) is 32.3 Å². The van der Waals surface area contributed by atoms with E-state index in [9.17, 15) is 31.2 Å². The number of carbonyl (C=O) groups excluding carboxylic acids is 2. The zero-order chi connectivity index (χ0) is 28.3. The number of rotatable bonds is 8. The fourth-order valence-corrected chi connectivity index (χ4v) is 4.66. The molecular weight excluding hydrogens is 554 g/mol. The number of carbonyl (C=O) groups is 2. The predicted octanol–water partition coefficient (Wildman–Crippen LogP) is 5.11. The Hall–Kier alpha value is -2.50. The second-order valence-electron chi connectivity index (χ2n) is 9.46. The number of amides is 2. The standard InChI is InChI=1S/C24H28Cl2F3N3O4S/c1-15(22(34)30-23(2,3)4)31(13-16-8-6-7-9-18(16)25)21(33)14-32(37(5,35)36)20-12-17(24(27,28)29)10-11-19(20)26/h6-12,15H,13-14H2,1-5H3,(H,30,34). The molecular formula is C24H28Cl2F3N3O4S. The van der Waals surface area contributed by atoms with Gasteiger partial charge in [-0.05, 0) is 57.5 Å². The maximum Gasteiger partial charge on any atom is 0.416 e. The van der Waals surface area contributed by atoms with Crippen LogP contribution in [0.5, 0.6) is 0 Å². The van der Waals surface area contributed by atoms with Gasteiger partial charge >= 0.3 is 6.18 Å². The summed E-state index contributed by atoms with van der Waals surface area (Å²) in [7, 11) is -4.28. The lowest BCUT2D eigenvalue weighted by Crippen LogP contribution is -2.54. The van der Waals surface area contributed by atoms with Crippen LogP contribution in [0, 0.1) is 0 Å². The van der Waals surface area contributed by atoms with Gasteiger partial charge in [0.1, 0.15) is 12.6 Å². The number of nitrogens with zero attached hydrogens (tertiary/aromatic N) is 2. The van der Waals surface area contributed by atoms with Crippen LogP contribution < -0.4 is 9.62 Å². The van der Waals surface area contributed by atoms with Crippen LogP contribution in [0.4, 0.5) is 18.9 Å². The average molecular weight is 582 g/mol. The van der Waals surface area contributed by atoms with E-state index in [1.54, 1.807) is 45.0 Å². The van der Waals surface area contributed by atoms with Crippen molar-refractivity contribution in [3.05, 3.63) is 63.6 Å². The molecule has 0 saturated carbocycles. The Bertz CT molecular complexity index is 1260.